The van der Waals surface area contributed by atoms with E-state index in [4.69, 9.17) is 4.74 Å². The molecule has 2 saturated heterocycles. The van der Waals surface area contributed by atoms with Crippen LogP contribution in [0.2, 0.25) is 0 Å². The molecule has 3 fully saturated rings. The van der Waals surface area contributed by atoms with Gasteiger partial charge in [0, 0.05) is 51.7 Å². The summed E-state index contributed by atoms with van der Waals surface area (Å²) in [6.45, 7) is 10.1. The van der Waals surface area contributed by atoms with Gasteiger partial charge in [0.05, 0.1) is 13.2 Å². The van der Waals surface area contributed by atoms with Crippen molar-refractivity contribution in [3.63, 3.8) is 0 Å². The van der Waals surface area contributed by atoms with E-state index < -0.39 is 0 Å². The SMILES string of the molecule is CCN(Cc1ccncc1)CC1[C@H]2CN(C(=O)N3CCOCC3)C[C@@H]12. The summed E-state index contributed by atoms with van der Waals surface area (Å²) in [6.07, 6.45) is 3.73. The molecule has 1 unspecified atom stereocenters. The zero-order chi connectivity index (χ0) is 17.2. The van der Waals surface area contributed by atoms with Crippen molar-refractivity contribution in [2.24, 2.45) is 17.8 Å². The van der Waals surface area contributed by atoms with E-state index >= 15 is 0 Å². The van der Waals surface area contributed by atoms with E-state index in [0.29, 0.717) is 25.0 Å². The number of hydrogen-bond acceptors (Lipinski definition) is 4. The Kier molecular flexibility index (Phi) is 4.90. The Labute approximate surface area is 149 Å². The summed E-state index contributed by atoms with van der Waals surface area (Å²) in [7, 11) is 0. The molecule has 0 bridgehead atoms. The van der Waals surface area contributed by atoms with Crippen LogP contribution in [0.15, 0.2) is 24.5 Å². The first-order valence-corrected chi connectivity index (χ1v) is 9.49. The minimum Gasteiger partial charge on any atom is -0.378 e. The maximum atomic E-state index is 12.6. The molecule has 1 aliphatic carbocycles. The van der Waals surface area contributed by atoms with E-state index in [1.807, 2.05) is 17.3 Å². The highest BCUT2D eigenvalue weighted by atomic mass is 16.5. The van der Waals surface area contributed by atoms with E-state index in [1.54, 1.807) is 0 Å². The van der Waals surface area contributed by atoms with Crippen molar-refractivity contribution >= 4 is 6.03 Å². The molecule has 136 valence electrons. The number of rotatable bonds is 5. The van der Waals surface area contributed by atoms with Crippen LogP contribution in [-0.2, 0) is 11.3 Å². The minimum absolute atomic E-state index is 0.221. The number of morpholine rings is 1. The molecular formula is C19H28N4O2. The van der Waals surface area contributed by atoms with Crippen molar-refractivity contribution in [3.8, 4) is 0 Å². The van der Waals surface area contributed by atoms with Crippen LogP contribution in [0.3, 0.4) is 0 Å². The lowest BCUT2D eigenvalue weighted by Gasteiger charge is -2.32. The van der Waals surface area contributed by atoms with Gasteiger partial charge in [0.15, 0.2) is 0 Å². The molecule has 0 N–H and O–H groups in total. The van der Waals surface area contributed by atoms with Crippen molar-refractivity contribution in [2.45, 2.75) is 13.5 Å². The molecule has 2 aliphatic heterocycles. The molecule has 3 heterocycles. The number of aromatic nitrogens is 1. The fourth-order valence-electron chi connectivity index (χ4n) is 4.38. The maximum absolute atomic E-state index is 12.6. The lowest BCUT2D eigenvalue weighted by Crippen LogP contribution is -2.48. The van der Waals surface area contributed by atoms with Gasteiger partial charge in [-0.3, -0.25) is 9.88 Å². The third-order valence-electron chi connectivity index (χ3n) is 6.00. The minimum atomic E-state index is 0.221. The quantitative estimate of drug-likeness (QED) is 0.813. The van der Waals surface area contributed by atoms with Gasteiger partial charge in [-0.15, -0.1) is 0 Å². The summed E-state index contributed by atoms with van der Waals surface area (Å²) in [6, 6.07) is 4.41. The van der Waals surface area contributed by atoms with Gasteiger partial charge in [0.25, 0.3) is 0 Å². The van der Waals surface area contributed by atoms with Gasteiger partial charge in [-0.05, 0) is 42.0 Å². The van der Waals surface area contributed by atoms with Crippen LogP contribution >= 0.6 is 0 Å². The summed E-state index contributed by atoms with van der Waals surface area (Å²) < 4.78 is 5.34. The molecule has 2 amide bonds. The molecule has 0 aromatic carbocycles. The Bertz CT molecular complexity index is 578. The van der Waals surface area contributed by atoms with Gasteiger partial charge in [-0.2, -0.15) is 0 Å². The third kappa shape index (κ3) is 3.65. The molecule has 1 saturated carbocycles. The number of likely N-dealkylation sites (tertiary alicyclic amines) is 1. The van der Waals surface area contributed by atoms with Gasteiger partial charge in [0.2, 0.25) is 0 Å². The van der Waals surface area contributed by atoms with Crippen LogP contribution in [-0.4, -0.2) is 78.2 Å². The summed E-state index contributed by atoms with van der Waals surface area (Å²) in [5.41, 5.74) is 1.33. The zero-order valence-electron chi connectivity index (χ0n) is 15.0. The number of urea groups is 1. The fraction of sp³-hybridized carbons (Fsp3) is 0.684. The lowest BCUT2D eigenvalue weighted by atomic mass is 10.2. The van der Waals surface area contributed by atoms with Gasteiger partial charge in [-0.1, -0.05) is 6.92 Å². The van der Waals surface area contributed by atoms with Gasteiger partial charge >= 0.3 is 6.03 Å². The Hall–Kier alpha value is -1.66. The van der Waals surface area contributed by atoms with E-state index in [-0.39, 0.29) is 6.03 Å². The third-order valence-corrected chi connectivity index (χ3v) is 6.00. The predicted octanol–water partition coefficient (Wildman–Crippen LogP) is 1.53. The normalized spacial score (nSPS) is 28.3. The Balaban J connectivity index is 1.25. The smallest absolute Gasteiger partial charge is 0.320 e. The average Bonchev–Trinajstić information content (AvgIpc) is 3.10. The maximum Gasteiger partial charge on any atom is 0.320 e. The van der Waals surface area contributed by atoms with Gasteiger partial charge in [-0.25, -0.2) is 4.79 Å². The molecule has 4 rings (SSSR count). The second kappa shape index (κ2) is 7.30. The van der Waals surface area contributed by atoms with Crippen molar-refractivity contribution in [1.29, 1.82) is 0 Å². The number of piperidine rings is 1. The highest BCUT2D eigenvalue weighted by Crippen LogP contribution is 2.52. The summed E-state index contributed by atoms with van der Waals surface area (Å²) >= 11 is 0. The van der Waals surface area contributed by atoms with Crippen LogP contribution in [0.25, 0.3) is 0 Å². The Morgan fingerprint density at radius 1 is 1.20 bits per heavy atom. The van der Waals surface area contributed by atoms with Crippen LogP contribution < -0.4 is 0 Å². The largest absolute Gasteiger partial charge is 0.378 e. The van der Waals surface area contributed by atoms with Crippen molar-refractivity contribution < 1.29 is 9.53 Å². The Morgan fingerprint density at radius 3 is 2.52 bits per heavy atom. The summed E-state index contributed by atoms with van der Waals surface area (Å²) in [4.78, 5) is 23.2. The summed E-state index contributed by atoms with van der Waals surface area (Å²) in [5.74, 6) is 2.17. The van der Waals surface area contributed by atoms with E-state index in [9.17, 15) is 4.79 Å². The highest BCUT2D eigenvalue weighted by Gasteiger charge is 2.56. The highest BCUT2D eigenvalue weighted by molar-refractivity contribution is 5.75. The molecular weight excluding hydrogens is 316 g/mol. The summed E-state index contributed by atoms with van der Waals surface area (Å²) in [5, 5.41) is 0. The molecule has 0 radical (unpaired) electrons. The van der Waals surface area contributed by atoms with E-state index in [0.717, 1.165) is 51.7 Å². The second-order valence-corrected chi connectivity index (χ2v) is 7.46. The van der Waals surface area contributed by atoms with Crippen LogP contribution in [0.4, 0.5) is 4.79 Å². The van der Waals surface area contributed by atoms with Gasteiger partial charge in [0.1, 0.15) is 0 Å². The molecule has 1 aromatic rings. The number of pyridine rings is 1. The van der Waals surface area contributed by atoms with Crippen molar-refractivity contribution in [2.75, 3.05) is 52.5 Å². The van der Waals surface area contributed by atoms with E-state index in [2.05, 4.69) is 33.8 Å². The molecule has 6 heteroatoms. The fourth-order valence-corrected chi connectivity index (χ4v) is 4.38. The second-order valence-electron chi connectivity index (χ2n) is 7.46. The van der Waals surface area contributed by atoms with Crippen LogP contribution in [0.1, 0.15) is 12.5 Å². The van der Waals surface area contributed by atoms with E-state index in [1.165, 1.54) is 5.56 Å². The number of hydrogen-bond donors (Lipinski definition) is 0. The number of ether oxygens (including phenoxy) is 1. The number of fused-ring (bicyclic) bond motifs is 1. The number of nitrogens with zero attached hydrogens (tertiary/aromatic N) is 4. The van der Waals surface area contributed by atoms with Gasteiger partial charge < -0.3 is 14.5 Å². The average molecular weight is 344 g/mol. The number of carbonyl (C=O) groups excluding carboxylic acids is 1. The molecule has 6 nitrogen and oxygen atoms in total. The first kappa shape index (κ1) is 16.8. The molecule has 0 spiro atoms. The van der Waals surface area contributed by atoms with Crippen LogP contribution in [0, 0.1) is 17.8 Å². The first-order valence-electron chi connectivity index (χ1n) is 9.49. The standard InChI is InChI=1S/C19H28N4O2/c1-2-21(11-15-3-5-20-6-4-15)12-16-17-13-23(14-18(16)17)19(24)22-7-9-25-10-8-22/h3-6,16-18H,2,7-14H2,1H3/t16?,17-,18+. The van der Waals surface area contributed by atoms with Crippen molar-refractivity contribution in [3.05, 3.63) is 30.1 Å². The monoisotopic (exact) mass is 344 g/mol. The van der Waals surface area contributed by atoms with Crippen molar-refractivity contribution in [1.82, 2.24) is 19.7 Å². The van der Waals surface area contributed by atoms with Crippen LogP contribution in [0.5, 0.6) is 0 Å². The molecule has 3 atom stereocenters. The number of amides is 2. The Morgan fingerprint density at radius 2 is 1.88 bits per heavy atom. The topological polar surface area (TPSA) is 48.9 Å². The molecule has 1 aromatic heterocycles. The molecule has 25 heavy (non-hydrogen) atoms. The lowest BCUT2D eigenvalue weighted by molar-refractivity contribution is 0.0437. The predicted molar refractivity (Wildman–Crippen MR) is 95.0 cm³/mol. The number of carbonyl (C=O) groups is 1. The first-order chi connectivity index (χ1) is 12.3. The zero-order valence-corrected chi connectivity index (χ0v) is 15.0. The molecule has 3 aliphatic rings.